The molecule has 0 aliphatic carbocycles. The summed E-state index contributed by atoms with van der Waals surface area (Å²) in [5.74, 6) is -0.602. The third-order valence-electron chi connectivity index (χ3n) is 3.28. The molecule has 0 saturated carbocycles. The average Bonchev–Trinajstić information content (AvgIpc) is 3.03. The highest BCUT2D eigenvalue weighted by Gasteiger charge is 2.20. The number of benzene rings is 1. The summed E-state index contributed by atoms with van der Waals surface area (Å²) >= 11 is 0. The van der Waals surface area contributed by atoms with Crippen LogP contribution >= 0.6 is 0 Å². The van der Waals surface area contributed by atoms with Crippen molar-refractivity contribution in [3.63, 3.8) is 0 Å². The summed E-state index contributed by atoms with van der Waals surface area (Å²) in [5, 5.41) is 11.0. The molecule has 0 unspecified atom stereocenters. The van der Waals surface area contributed by atoms with Gasteiger partial charge in [0.05, 0.1) is 5.69 Å². The third-order valence-corrected chi connectivity index (χ3v) is 3.28. The van der Waals surface area contributed by atoms with Crippen molar-refractivity contribution < 1.29 is 19.2 Å². The van der Waals surface area contributed by atoms with Crippen LogP contribution in [0.25, 0.3) is 16.9 Å². The van der Waals surface area contributed by atoms with E-state index < -0.39 is 10.9 Å². The van der Waals surface area contributed by atoms with Gasteiger partial charge in [-0.25, -0.2) is 4.98 Å². The highest BCUT2D eigenvalue weighted by atomic mass is 16.6. The molecule has 9 heteroatoms. The first-order valence-electron chi connectivity index (χ1n) is 7.40. The quantitative estimate of drug-likeness (QED) is 0.292. The van der Waals surface area contributed by atoms with Gasteiger partial charge in [-0.1, -0.05) is 30.3 Å². The zero-order chi connectivity index (χ0) is 17.8. The second kappa shape index (κ2) is 6.95. The molecule has 0 amide bonds. The van der Waals surface area contributed by atoms with Gasteiger partial charge in [-0.15, -0.1) is 0 Å². The fourth-order valence-corrected chi connectivity index (χ4v) is 2.21. The zero-order valence-electron chi connectivity index (χ0n) is 13.3. The van der Waals surface area contributed by atoms with E-state index in [-0.39, 0.29) is 30.6 Å². The molecule has 0 spiro atoms. The Morgan fingerprint density at radius 2 is 1.96 bits per heavy atom. The minimum absolute atomic E-state index is 0.0432. The Morgan fingerprint density at radius 3 is 2.64 bits per heavy atom. The van der Waals surface area contributed by atoms with Crippen LogP contribution in [-0.4, -0.2) is 38.5 Å². The lowest BCUT2D eigenvalue weighted by Crippen LogP contribution is -2.11. The third kappa shape index (κ3) is 3.71. The fourth-order valence-electron chi connectivity index (χ4n) is 2.21. The molecule has 0 atom stereocenters. The number of esters is 1. The van der Waals surface area contributed by atoms with E-state index in [4.69, 9.17) is 9.47 Å². The van der Waals surface area contributed by atoms with Crippen molar-refractivity contribution in [2.75, 3.05) is 13.2 Å². The van der Waals surface area contributed by atoms with Crippen LogP contribution in [0.3, 0.4) is 0 Å². The van der Waals surface area contributed by atoms with Gasteiger partial charge < -0.3 is 19.6 Å². The molecular weight excluding hydrogens is 328 g/mol. The van der Waals surface area contributed by atoms with Crippen LogP contribution in [0.1, 0.15) is 6.92 Å². The summed E-state index contributed by atoms with van der Waals surface area (Å²) in [6.07, 6.45) is 2.94. The number of nitro groups is 1. The summed E-state index contributed by atoms with van der Waals surface area (Å²) < 4.78 is 11.8. The number of nitrogens with zero attached hydrogens (tertiary/aromatic N) is 4. The summed E-state index contributed by atoms with van der Waals surface area (Å²) in [6.45, 7) is 1.40. The van der Waals surface area contributed by atoms with Crippen molar-refractivity contribution in [3.05, 3.63) is 52.8 Å². The molecule has 0 saturated heterocycles. The number of fused-ring (bicyclic) bond motifs is 1. The van der Waals surface area contributed by atoms with Gasteiger partial charge in [0.2, 0.25) is 0 Å². The maximum absolute atomic E-state index is 11.0. The Balaban J connectivity index is 1.98. The second-order valence-electron chi connectivity index (χ2n) is 5.07. The molecule has 0 N–H and O–H groups in total. The van der Waals surface area contributed by atoms with E-state index in [1.807, 2.05) is 30.3 Å². The first-order valence-corrected chi connectivity index (χ1v) is 7.40. The minimum atomic E-state index is -0.585. The Bertz CT molecular complexity index is 923. The molecular formula is C16H14N4O5. The Morgan fingerprint density at radius 1 is 1.20 bits per heavy atom. The number of hydrogen-bond donors (Lipinski definition) is 0. The summed E-state index contributed by atoms with van der Waals surface area (Å²) in [6, 6.07) is 9.32. The summed E-state index contributed by atoms with van der Waals surface area (Å²) in [4.78, 5) is 29.5. The number of carbonyl (C=O) groups is 1. The Labute approximate surface area is 142 Å². The van der Waals surface area contributed by atoms with Crippen molar-refractivity contribution in [3.8, 4) is 17.1 Å². The van der Waals surface area contributed by atoms with Crippen LogP contribution in [0.5, 0.6) is 5.88 Å². The molecule has 2 aromatic heterocycles. The van der Waals surface area contributed by atoms with E-state index in [0.717, 1.165) is 5.56 Å². The monoisotopic (exact) mass is 342 g/mol. The highest BCUT2D eigenvalue weighted by Crippen LogP contribution is 2.25. The predicted octanol–water partition coefficient (Wildman–Crippen LogP) is 2.25. The van der Waals surface area contributed by atoms with Gasteiger partial charge in [-0.2, -0.15) is 0 Å². The second-order valence-corrected chi connectivity index (χ2v) is 5.07. The van der Waals surface area contributed by atoms with Gasteiger partial charge in [0.1, 0.15) is 19.4 Å². The molecule has 0 fully saturated rings. The lowest BCUT2D eigenvalue weighted by atomic mass is 10.2. The minimum Gasteiger partial charge on any atom is -0.470 e. The molecule has 9 nitrogen and oxygen atoms in total. The first kappa shape index (κ1) is 16.4. The molecule has 3 aromatic rings. The highest BCUT2D eigenvalue weighted by molar-refractivity contribution is 5.66. The molecule has 0 aliphatic heterocycles. The van der Waals surface area contributed by atoms with Gasteiger partial charge in [0.15, 0.2) is 0 Å². The molecule has 128 valence electrons. The fraction of sp³-hybridized carbons (Fsp3) is 0.188. The number of carbonyl (C=O) groups excluding carboxylic acids is 1. The number of imidazole rings is 1. The van der Waals surface area contributed by atoms with Crippen molar-refractivity contribution >= 4 is 17.4 Å². The van der Waals surface area contributed by atoms with Crippen LogP contribution in [0.4, 0.5) is 5.82 Å². The first-order chi connectivity index (χ1) is 12.0. The maximum Gasteiger partial charge on any atom is 0.382 e. The predicted molar refractivity (Wildman–Crippen MR) is 87.2 cm³/mol. The normalized spacial score (nSPS) is 10.6. The van der Waals surface area contributed by atoms with E-state index in [1.54, 1.807) is 6.20 Å². The van der Waals surface area contributed by atoms with Crippen LogP contribution in [-0.2, 0) is 9.53 Å². The SMILES string of the molecule is CC(=O)OCCOc1nc(-c2ccccc2)cn2cc([N+](=O)[O-])nc12. The average molecular weight is 342 g/mol. The van der Waals surface area contributed by atoms with E-state index in [1.165, 1.54) is 17.5 Å². The van der Waals surface area contributed by atoms with E-state index in [0.29, 0.717) is 5.69 Å². The lowest BCUT2D eigenvalue weighted by Gasteiger charge is -2.07. The van der Waals surface area contributed by atoms with Crippen LogP contribution in [0.2, 0.25) is 0 Å². The van der Waals surface area contributed by atoms with Crippen molar-refractivity contribution in [1.82, 2.24) is 14.4 Å². The Hall–Kier alpha value is -3.49. The molecule has 1 aromatic carbocycles. The molecule has 0 radical (unpaired) electrons. The number of aromatic nitrogens is 3. The smallest absolute Gasteiger partial charge is 0.382 e. The van der Waals surface area contributed by atoms with Gasteiger partial charge in [0.25, 0.3) is 5.88 Å². The van der Waals surface area contributed by atoms with Crippen LogP contribution in [0, 0.1) is 10.1 Å². The maximum atomic E-state index is 11.0. The molecule has 2 heterocycles. The number of ether oxygens (including phenoxy) is 2. The molecule has 0 bridgehead atoms. The van der Waals surface area contributed by atoms with Gasteiger partial charge in [0, 0.05) is 18.7 Å². The van der Waals surface area contributed by atoms with Crippen molar-refractivity contribution in [1.29, 1.82) is 0 Å². The standard InChI is InChI=1S/C16H14N4O5/c1-11(21)24-7-8-25-16-15-18-14(20(22)23)10-19(15)9-13(17-16)12-5-3-2-4-6-12/h2-6,9-10H,7-8H2,1H3. The molecule has 3 rings (SSSR count). The number of hydrogen-bond acceptors (Lipinski definition) is 7. The van der Waals surface area contributed by atoms with E-state index in [2.05, 4.69) is 9.97 Å². The number of rotatable bonds is 6. The lowest BCUT2D eigenvalue weighted by molar-refractivity contribution is -0.389. The van der Waals surface area contributed by atoms with Gasteiger partial charge in [-0.05, 0) is 9.91 Å². The Kier molecular flexibility index (Phi) is 4.55. The zero-order valence-corrected chi connectivity index (χ0v) is 13.3. The van der Waals surface area contributed by atoms with Crippen molar-refractivity contribution in [2.45, 2.75) is 6.92 Å². The van der Waals surface area contributed by atoms with Gasteiger partial charge >= 0.3 is 17.4 Å². The van der Waals surface area contributed by atoms with Gasteiger partial charge in [-0.3, -0.25) is 9.20 Å². The molecule has 0 aliphatic rings. The van der Waals surface area contributed by atoms with E-state index >= 15 is 0 Å². The van der Waals surface area contributed by atoms with Crippen LogP contribution in [0.15, 0.2) is 42.7 Å². The largest absolute Gasteiger partial charge is 0.470 e. The van der Waals surface area contributed by atoms with Crippen LogP contribution < -0.4 is 4.74 Å². The van der Waals surface area contributed by atoms with E-state index in [9.17, 15) is 14.9 Å². The summed E-state index contributed by atoms with van der Waals surface area (Å²) in [7, 11) is 0. The topological polar surface area (TPSA) is 109 Å². The summed E-state index contributed by atoms with van der Waals surface area (Å²) in [5.41, 5.74) is 1.61. The molecule has 25 heavy (non-hydrogen) atoms. The van der Waals surface area contributed by atoms with Crippen molar-refractivity contribution in [2.24, 2.45) is 0 Å².